The molecule has 0 aliphatic carbocycles. The Morgan fingerprint density at radius 3 is 2.54 bits per heavy atom. The predicted molar refractivity (Wildman–Crippen MR) is 197 cm³/mol. The molecule has 14 nitrogen and oxygen atoms in total. The molecular formula is C38H37ClF3N9O5. The van der Waals surface area contributed by atoms with Crippen LogP contribution in [0.3, 0.4) is 0 Å². The monoisotopic (exact) mass is 791 g/mol. The summed E-state index contributed by atoms with van der Waals surface area (Å²) in [5.74, 6) is -1.14. The van der Waals surface area contributed by atoms with Crippen molar-refractivity contribution in [2.45, 2.75) is 77.0 Å². The average Bonchev–Trinajstić information content (AvgIpc) is 3.78. The third-order valence-corrected chi connectivity index (χ3v) is 11.7. The number of nitrogens with one attached hydrogen (secondary N) is 1. The van der Waals surface area contributed by atoms with Gasteiger partial charge in [0.05, 0.1) is 39.3 Å². The largest absolute Gasteiger partial charge is 0.504 e. The molecule has 1 spiro atoms. The van der Waals surface area contributed by atoms with Crippen molar-refractivity contribution in [2.24, 2.45) is 0 Å². The Labute approximate surface area is 322 Å². The Hall–Kier alpha value is -5.39. The van der Waals surface area contributed by atoms with Gasteiger partial charge in [-0.25, -0.2) is 9.97 Å². The molecule has 5 aromatic rings. The van der Waals surface area contributed by atoms with Crippen LogP contribution in [0, 0.1) is 6.92 Å². The van der Waals surface area contributed by atoms with Gasteiger partial charge in [-0.05, 0) is 83.0 Å². The number of aromatic hydroxyl groups is 1. The van der Waals surface area contributed by atoms with Crippen LogP contribution in [0.2, 0.25) is 5.02 Å². The molecule has 0 radical (unpaired) electrons. The normalized spacial score (nSPS) is 18.7. The van der Waals surface area contributed by atoms with Crippen LogP contribution in [-0.4, -0.2) is 76.0 Å². The molecule has 0 saturated carbocycles. The van der Waals surface area contributed by atoms with Crippen LogP contribution >= 0.6 is 11.6 Å². The van der Waals surface area contributed by atoms with Gasteiger partial charge in [-0.15, -0.1) is 5.10 Å². The summed E-state index contributed by atoms with van der Waals surface area (Å²) < 4.78 is 49.2. The minimum Gasteiger partial charge on any atom is -0.504 e. The van der Waals surface area contributed by atoms with Gasteiger partial charge in [0.1, 0.15) is 18.5 Å². The minimum absolute atomic E-state index is 0.0331. The molecule has 2 aromatic carbocycles. The summed E-state index contributed by atoms with van der Waals surface area (Å²) in [6.45, 7) is 8.17. The number of hydrogen-bond donors (Lipinski definition) is 2. The van der Waals surface area contributed by atoms with E-state index in [1.54, 1.807) is 18.4 Å². The molecule has 56 heavy (non-hydrogen) atoms. The van der Waals surface area contributed by atoms with Crippen molar-refractivity contribution in [3.8, 4) is 17.1 Å². The zero-order chi connectivity index (χ0) is 40.1. The second-order valence-electron chi connectivity index (χ2n) is 15.0. The highest BCUT2D eigenvalue weighted by molar-refractivity contribution is 6.33. The topological polar surface area (TPSA) is 160 Å². The van der Waals surface area contributed by atoms with Crippen molar-refractivity contribution in [1.29, 1.82) is 0 Å². The first-order valence-electron chi connectivity index (χ1n) is 17.9. The van der Waals surface area contributed by atoms with Gasteiger partial charge in [0.2, 0.25) is 11.7 Å². The first-order valence-corrected chi connectivity index (χ1v) is 18.3. The van der Waals surface area contributed by atoms with E-state index < -0.39 is 47.4 Å². The summed E-state index contributed by atoms with van der Waals surface area (Å²) in [6, 6.07) is 8.55. The standard InChI is InChI=1S/C38H37ClF3N9O5/c1-19-31(53)29(44-18-43-19)34(55)49-12-10-37(11-13-49)28-30(20(2)56-37)50(17-27(52)45-26-9-7-23(15-25(26)39)38(40,41)42)35-46-32(47-51(35)33(28)54)21-6-8-24-22(14-21)16-48(5)36(24,3)4/h6-9,14-15,18,20,53H,10-13,16-17H2,1-5H3,(H,45,52)/t20-/m1/s1. The highest BCUT2D eigenvalue weighted by Crippen LogP contribution is 2.48. The Morgan fingerprint density at radius 2 is 1.84 bits per heavy atom. The molecule has 3 aromatic heterocycles. The highest BCUT2D eigenvalue weighted by atomic mass is 35.5. The van der Waals surface area contributed by atoms with Crippen molar-refractivity contribution < 1.29 is 32.6 Å². The number of ether oxygens (including phenoxy) is 1. The molecule has 2 amide bonds. The van der Waals surface area contributed by atoms with Crippen LogP contribution in [0.4, 0.5) is 18.9 Å². The van der Waals surface area contributed by atoms with E-state index >= 15 is 0 Å². The van der Waals surface area contributed by atoms with Gasteiger partial charge in [-0.3, -0.25) is 19.3 Å². The number of rotatable bonds is 5. The molecule has 3 aliphatic heterocycles. The maximum Gasteiger partial charge on any atom is 0.416 e. The number of amides is 2. The molecular weight excluding hydrogens is 755 g/mol. The molecule has 292 valence electrons. The number of alkyl halides is 3. The smallest absolute Gasteiger partial charge is 0.416 e. The third kappa shape index (κ3) is 5.99. The second kappa shape index (κ2) is 13.1. The summed E-state index contributed by atoms with van der Waals surface area (Å²) in [5, 5.41) is 17.5. The summed E-state index contributed by atoms with van der Waals surface area (Å²) >= 11 is 6.18. The van der Waals surface area contributed by atoms with E-state index in [2.05, 4.69) is 39.1 Å². The van der Waals surface area contributed by atoms with E-state index in [-0.39, 0.29) is 76.5 Å². The van der Waals surface area contributed by atoms with Gasteiger partial charge in [0.25, 0.3) is 11.5 Å². The van der Waals surface area contributed by atoms with Crippen LogP contribution in [0.25, 0.3) is 17.2 Å². The number of hydrogen-bond acceptors (Lipinski definition) is 10. The molecule has 0 bridgehead atoms. The Balaban J connectivity index is 1.19. The zero-order valence-electron chi connectivity index (χ0n) is 31.0. The van der Waals surface area contributed by atoms with E-state index in [1.807, 2.05) is 25.2 Å². The molecule has 1 atom stereocenters. The fourth-order valence-corrected chi connectivity index (χ4v) is 8.34. The van der Waals surface area contributed by atoms with Crippen molar-refractivity contribution in [3.63, 3.8) is 0 Å². The Bertz CT molecular complexity index is 2530. The first kappa shape index (κ1) is 37.5. The lowest BCUT2D eigenvalue weighted by atomic mass is 9.85. The van der Waals surface area contributed by atoms with Crippen molar-refractivity contribution in [2.75, 3.05) is 25.5 Å². The first-order chi connectivity index (χ1) is 26.4. The molecule has 6 heterocycles. The highest BCUT2D eigenvalue weighted by Gasteiger charge is 2.51. The Kier molecular flexibility index (Phi) is 8.78. The minimum atomic E-state index is -4.63. The lowest BCUT2D eigenvalue weighted by Crippen LogP contribution is -2.47. The number of carbonyl (C=O) groups is 2. The number of anilines is 1. The maximum absolute atomic E-state index is 14.6. The van der Waals surface area contributed by atoms with Crippen LogP contribution in [0.5, 0.6) is 5.75 Å². The van der Waals surface area contributed by atoms with Gasteiger partial charge < -0.3 is 24.6 Å². The number of carbonyl (C=O) groups excluding carboxylic acids is 2. The lowest BCUT2D eigenvalue weighted by molar-refractivity contribution is -0.137. The van der Waals surface area contributed by atoms with Gasteiger partial charge in [0.15, 0.2) is 17.3 Å². The number of halogens is 4. The number of piperidine rings is 1. The van der Waals surface area contributed by atoms with Gasteiger partial charge in [-0.1, -0.05) is 23.7 Å². The Morgan fingerprint density at radius 1 is 1.11 bits per heavy atom. The van der Waals surface area contributed by atoms with Crippen molar-refractivity contribution in [1.82, 2.24) is 38.9 Å². The van der Waals surface area contributed by atoms with Crippen LogP contribution < -0.4 is 10.9 Å². The maximum atomic E-state index is 14.6. The van der Waals surface area contributed by atoms with Gasteiger partial charge in [0, 0.05) is 30.7 Å². The van der Waals surface area contributed by atoms with Crippen molar-refractivity contribution >= 4 is 34.9 Å². The average molecular weight is 792 g/mol. The molecule has 0 unspecified atom stereocenters. The number of fused-ring (bicyclic) bond motifs is 4. The second-order valence-corrected chi connectivity index (χ2v) is 15.4. The van der Waals surface area contributed by atoms with E-state index in [9.17, 15) is 32.7 Å². The third-order valence-electron chi connectivity index (χ3n) is 11.4. The van der Waals surface area contributed by atoms with Crippen LogP contribution in [-0.2, 0) is 39.9 Å². The van der Waals surface area contributed by atoms with Crippen molar-refractivity contribution in [3.05, 3.63) is 97.4 Å². The SMILES string of the molecule is Cc1ncnc(C(=O)N2CCC3(CC2)O[C@H](C)c2c3c(=O)n3nc(-c4ccc5c(c4)CN(C)C5(C)C)nc3n2CC(=O)Nc2ccc(C(F)(F)F)cc2Cl)c1O. The number of aromatic nitrogens is 6. The van der Waals surface area contributed by atoms with Gasteiger partial charge >= 0.3 is 6.18 Å². The zero-order valence-corrected chi connectivity index (χ0v) is 31.8. The number of likely N-dealkylation sites (tertiary alicyclic amines) is 1. The summed E-state index contributed by atoms with van der Waals surface area (Å²) in [7, 11) is 2.04. The summed E-state index contributed by atoms with van der Waals surface area (Å²) in [5.41, 5.74) is 0.840. The van der Waals surface area contributed by atoms with E-state index in [4.69, 9.17) is 21.3 Å². The quantitative estimate of drug-likeness (QED) is 0.230. The fraction of sp³-hybridized carbons (Fsp3) is 0.395. The molecule has 3 aliphatic rings. The van der Waals surface area contributed by atoms with Gasteiger partial charge in [-0.2, -0.15) is 22.7 Å². The lowest BCUT2D eigenvalue weighted by Gasteiger charge is -2.39. The fourth-order valence-electron chi connectivity index (χ4n) is 8.11. The molecule has 2 N–H and O–H groups in total. The van der Waals surface area contributed by atoms with E-state index in [0.717, 1.165) is 33.8 Å². The molecule has 18 heteroatoms. The number of nitrogens with zero attached hydrogens (tertiary/aromatic N) is 8. The van der Waals surface area contributed by atoms with E-state index in [1.165, 1.54) is 11.2 Å². The van der Waals surface area contributed by atoms with Crippen LogP contribution in [0.15, 0.2) is 47.5 Å². The number of aryl methyl sites for hydroxylation is 1. The molecule has 1 fully saturated rings. The van der Waals surface area contributed by atoms with Crippen LogP contribution in [0.1, 0.15) is 83.8 Å². The molecule has 1 saturated heterocycles. The molecule has 8 rings (SSSR count). The number of benzene rings is 2. The summed E-state index contributed by atoms with van der Waals surface area (Å²) in [4.78, 5) is 58.3. The van der Waals surface area contributed by atoms with E-state index in [0.29, 0.717) is 17.8 Å². The predicted octanol–water partition coefficient (Wildman–Crippen LogP) is 5.58. The summed E-state index contributed by atoms with van der Waals surface area (Å²) in [6.07, 6.45) is -3.75.